The van der Waals surface area contributed by atoms with Crippen LogP contribution in [0.4, 0.5) is 9.93 Å². The van der Waals surface area contributed by atoms with Crippen LogP contribution in [0, 0.1) is 13.8 Å². The molecule has 0 aliphatic carbocycles. The molecule has 2 aromatic rings. The second-order valence-corrected chi connectivity index (χ2v) is 7.49. The van der Waals surface area contributed by atoms with Crippen molar-refractivity contribution in [2.75, 3.05) is 44.4 Å². The molecule has 3 rings (SSSR count). The molecule has 10 heteroatoms. The molecule has 1 fully saturated rings. The summed E-state index contributed by atoms with van der Waals surface area (Å²) in [4.78, 5) is 31.2. The number of morpholine rings is 1. The molecule has 1 aromatic heterocycles. The number of aromatic nitrogens is 1. The van der Waals surface area contributed by atoms with Crippen molar-refractivity contribution >= 4 is 28.4 Å². The number of nitrogens with one attached hydrogen (secondary N) is 3. The standard InChI is InChI=1S/C19H25N5O4S/c1-13-4-3-5-15(12-13)28-9-6-20-18(26)23-22-17(25)16-14(2)21-19(29-16)24-7-10-27-11-8-24/h3-5,12H,6-11H2,1-2H3,(H,22,25)(H2,20,23,26). The summed E-state index contributed by atoms with van der Waals surface area (Å²) in [6.07, 6.45) is 0. The number of hydrogen-bond acceptors (Lipinski definition) is 7. The zero-order valence-corrected chi connectivity index (χ0v) is 17.3. The van der Waals surface area contributed by atoms with E-state index in [0.717, 1.165) is 29.5 Å². The molecule has 0 spiro atoms. The fourth-order valence-electron chi connectivity index (χ4n) is 2.74. The number of amides is 3. The maximum absolute atomic E-state index is 12.4. The molecule has 1 saturated heterocycles. The van der Waals surface area contributed by atoms with E-state index in [1.807, 2.05) is 31.2 Å². The minimum Gasteiger partial charge on any atom is -0.492 e. The molecule has 0 bridgehead atoms. The summed E-state index contributed by atoms with van der Waals surface area (Å²) in [5, 5.41) is 3.41. The van der Waals surface area contributed by atoms with E-state index in [4.69, 9.17) is 9.47 Å². The van der Waals surface area contributed by atoms with Crippen LogP contribution in [0.5, 0.6) is 5.75 Å². The Bertz CT molecular complexity index is 851. The van der Waals surface area contributed by atoms with Gasteiger partial charge in [-0.05, 0) is 31.5 Å². The molecule has 9 nitrogen and oxygen atoms in total. The highest BCUT2D eigenvalue weighted by Crippen LogP contribution is 2.26. The number of nitrogens with zero attached hydrogens (tertiary/aromatic N) is 2. The number of urea groups is 1. The van der Waals surface area contributed by atoms with Crippen molar-refractivity contribution in [1.29, 1.82) is 0 Å². The Morgan fingerprint density at radius 1 is 1.24 bits per heavy atom. The fraction of sp³-hybridized carbons (Fsp3) is 0.421. The number of benzene rings is 1. The predicted molar refractivity (Wildman–Crippen MR) is 111 cm³/mol. The van der Waals surface area contributed by atoms with Crippen LogP contribution < -0.4 is 25.8 Å². The van der Waals surface area contributed by atoms with Crippen LogP contribution in [-0.4, -0.2) is 56.4 Å². The molecule has 3 N–H and O–H groups in total. The Labute approximate surface area is 173 Å². The topological polar surface area (TPSA) is 105 Å². The second-order valence-electron chi connectivity index (χ2n) is 6.51. The molecule has 1 aromatic carbocycles. The largest absolute Gasteiger partial charge is 0.492 e. The van der Waals surface area contributed by atoms with Crippen molar-refractivity contribution in [3.63, 3.8) is 0 Å². The molecular formula is C19H25N5O4S. The number of carbonyl (C=O) groups is 2. The Hall–Kier alpha value is -2.85. The van der Waals surface area contributed by atoms with E-state index >= 15 is 0 Å². The van der Waals surface area contributed by atoms with E-state index in [-0.39, 0.29) is 0 Å². The van der Waals surface area contributed by atoms with E-state index in [9.17, 15) is 9.59 Å². The van der Waals surface area contributed by atoms with Crippen LogP contribution in [0.1, 0.15) is 20.9 Å². The number of hydrogen-bond donors (Lipinski definition) is 3. The van der Waals surface area contributed by atoms with Gasteiger partial charge < -0.3 is 19.7 Å². The quantitative estimate of drug-likeness (QED) is 0.486. The molecule has 0 unspecified atom stereocenters. The number of rotatable bonds is 6. The van der Waals surface area contributed by atoms with E-state index in [0.29, 0.717) is 36.9 Å². The lowest BCUT2D eigenvalue weighted by molar-refractivity contribution is 0.0939. The van der Waals surface area contributed by atoms with Gasteiger partial charge in [-0.1, -0.05) is 23.5 Å². The van der Waals surface area contributed by atoms with E-state index < -0.39 is 11.9 Å². The van der Waals surface area contributed by atoms with Gasteiger partial charge >= 0.3 is 6.03 Å². The molecule has 3 amide bonds. The van der Waals surface area contributed by atoms with Crippen LogP contribution in [0.2, 0.25) is 0 Å². The van der Waals surface area contributed by atoms with Gasteiger partial charge in [-0.15, -0.1) is 0 Å². The van der Waals surface area contributed by atoms with Crippen molar-refractivity contribution in [3.8, 4) is 5.75 Å². The van der Waals surface area contributed by atoms with Gasteiger partial charge in [0.25, 0.3) is 5.91 Å². The number of thiazole rings is 1. The lowest BCUT2D eigenvalue weighted by Gasteiger charge is -2.25. The van der Waals surface area contributed by atoms with Crippen LogP contribution in [0.15, 0.2) is 24.3 Å². The summed E-state index contributed by atoms with van der Waals surface area (Å²) < 4.78 is 10.9. The average molecular weight is 420 g/mol. The number of carbonyl (C=O) groups excluding carboxylic acids is 2. The Balaban J connectivity index is 1.39. The molecule has 0 saturated carbocycles. The van der Waals surface area contributed by atoms with E-state index in [1.165, 1.54) is 11.3 Å². The Morgan fingerprint density at radius 2 is 2.03 bits per heavy atom. The van der Waals surface area contributed by atoms with Gasteiger partial charge in [-0.25, -0.2) is 15.2 Å². The molecule has 2 heterocycles. The molecule has 0 atom stereocenters. The lowest BCUT2D eigenvalue weighted by atomic mass is 10.2. The van der Waals surface area contributed by atoms with E-state index in [1.54, 1.807) is 6.92 Å². The minimum atomic E-state index is -0.512. The highest BCUT2D eigenvalue weighted by atomic mass is 32.1. The SMILES string of the molecule is Cc1cccc(OCCNC(=O)NNC(=O)c2sc(N3CCOCC3)nc2C)c1. The van der Waals surface area contributed by atoms with Gasteiger partial charge in [0.15, 0.2) is 5.13 Å². The zero-order valence-electron chi connectivity index (χ0n) is 16.5. The van der Waals surface area contributed by atoms with Crippen LogP contribution in [0.3, 0.4) is 0 Å². The third kappa shape index (κ3) is 6.06. The summed E-state index contributed by atoms with van der Waals surface area (Å²) in [6, 6.07) is 7.16. The van der Waals surface area contributed by atoms with Crippen molar-refractivity contribution < 1.29 is 19.1 Å². The van der Waals surface area contributed by atoms with Crippen LogP contribution in [-0.2, 0) is 4.74 Å². The maximum atomic E-state index is 12.4. The predicted octanol–water partition coefficient (Wildman–Crippen LogP) is 1.62. The van der Waals surface area contributed by atoms with Crippen LogP contribution >= 0.6 is 11.3 Å². The van der Waals surface area contributed by atoms with Gasteiger partial charge in [0, 0.05) is 13.1 Å². The normalized spacial score (nSPS) is 13.7. The Kier molecular flexibility index (Phi) is 7.25. The molecule has 0 radical (unpaired) electrons. The zero-order chi connectivity index (χ0) is 20.6. The van der Waals surface area contributed by atoms with E-state index in [2.05, 4.69) is 26.1 Å². The first-order valence-electron chi connectivity index (χ1n) is 9.36. The second kappa shape index (κ2) is 10.1. The monoisotopic (exact) mass is 419 g/mol. The smallest absolute Gasteiger partial charge is 0.333 e. The van der Waals surface area contributed by atoms with Crippen LogP contribution in [0.25, 0.3) is 0 Å². The highest BCUT2D eigenvalue weighted by Gasteiger charge is 2.20. The minimum absolute atomic E-state index is 0.302. The number of anilines is 1. The molecule has 1 aliphatic rings. The summed E-state index contributed by atoms with van der Waals surface area (Å²) >= 11 is 1.30. The first-order chi connectivity index (χ1) is 14.0. The first-order valence-corrected chi connectivity index (χ1v) is 10.2. The van der Waals surface area contributed by atoms with Crippen molar-refractivity contribution in [3.05, 3.63) is 40.4 Å². The van der Waals surface area contributed by atoms with Gasteiger partial charge in [-0.3, -0.25) is 10.2 Å². The average Bonchev–Trinajstić information content (AvgIpc) is 3.12. The maximum Gasteiger partial charge on any atom is 0.333 e. The number of ether oxygens (including phenoxy) is 2. The highest BCUT2D eigenvalue weighted by molar-refractivity contribution is 7.17. The molecule has 156 valence electrons. The van der Waals surface area contributed by atoms with Crippen molar-refractivity contribution in [1.82, 2.24) is 21.2 Å². The van der Waals surface area contributed by atoms with Gasteiger partial charge in [-0.2, -0.15) is 0 Å². The molecule has 1 aliphatic heterocycles. The van der Waals surface area contributed by atoms with Gasteiger partial charge in [0.05, 0.1) is 25.5 Å². The summed E-state index contributed by atoms with van der Waals surface area (Å²) in [5.74, 6) is 0.350. The summed E-state index contributed by atoms with van der Waals surface area (Å²) in [5.41, 5.74) is 6.48. The third-order valence-electron chi connectivity index (χ3n) is 4.21. The molecular weight excluding hydrogens is 394 g/mol. The fourth-order valence-corrected chi connectivity index (χ4v) is 3.75. The van der Waals surface area contributed by atoms with Gasteiger partial charge in [0.1, 0.15) is 17.2 Å². The first kappa shape index (κ1) is 20.9. The van der Waals surface area contributed by atoms with Crippen molar-refractivity contribution in [2.45, 2.75) is 13.8 Å². The Morgan fingerprint density at radius 3 is 2.79 bits per heavy atom. The summed E-state index contributed by atoms with van der Waals surface area (Å²) in [7, 11) is 0. The van der Waals surface area contributed by atoms with Gasteiger partial charge in [0.2, 0.25) is 0 Å². The third-order valence-corrected chi connectivity index (χ3v) is 5.43. The summed E-state index contributed by atoms with van der Waals surface area (Å²) in [6.45, 7) is 7.18. The van der Waals surface area contributed by atoms with Crippen molar-refractivity contribution in [2.24, 2.45) is 0 Å². The molecule has 29 heavy (non-hydrogen) atoms. The lowest BCUT2D eigenvalue weighted by Crippen LogP contribution is -2.47. The number of hydrazine groups is 1. The number of aryl methyl sites for hydroxylation is 2.